The summed E-state index contributed by atoms with van der Waals surface area (Å²) >= 11 is 0. The molecule has 1 amide bonds. The van der Waals surface area contributed by atoms with Crippen molar-refractivity contribution in [2.24, 2.45) is 10.8 Å². The smallest absolute Gasteiger partial charge is 0.309 e. The summed E-state index contributed by atoms with van der Waals surface area (Å²) in [5.74, 6) is 0.0612. The summed E-state index contributed by atoms with van der Waals surface area (Å²) in [7, 11) is 0. The van der Waals surface area contributed by atoms with E-state index in [0.717, 1.165) is 29.9 Å². The number of aliphatic carboxylic acids is 1. The molecule has 0 unspecified atom stereocenters. The van der Waals surface area contributed by atoms with Gasteiger partial charge in [0.2, 0.25) is 5.91 Å². The molecule has 2 aliphatic rings. The third kappa shape index (κ3) is 2.44. The number of nitrogens with zero attached hydrogens (tertiary/aromatic N) is 1. The standard InChI is InChI=1S/C17H24N2O4/c1-3-12-11(13(4-2)23-19-12)9-18-14(20)16-5-7-17(10-16,8-6-16)15(21)22/h3-10H2,1-2H3,(H,18,20)(H,21,22). The zero-order chi connectivity index (χ0) is 16.7. The first kappa shape index (κ1) is 16.0. The lowest BCUT2D eigenvalue weighted by atomic mass is 9.81. The van der Waals surface area contributed by atoms with E-state index in [1.54, 1.807) is 0 Å². The Kier molecular flexibility index (Phi) is 3.94. The molecule has 6 nitrogen and oxygen atoms in total. The molecule has 126 valence electrons. The van der Waals surface area contributed by atoms with Crippen molar-refractivity contribution in [3.05, 3.63) is 17.0 Å². The van der Waals surface area contributed by atoms with E-state index in [-0.39, 0.29) is 5.91 Å². The Balaban J connectivity index is 1.70. The maximum atomic E-state index is 12.7. The fourth-order valence-electron chi connectivity index (χ4n) is 4.30. The molecule has 1 heterocycles. The fourth-order valence-corrected chi connectivity index (χ4v) is 4.30. The van der Waals surface area contributed by atoms with Gasteiger partial charge in [-0.3, -0.25) is 9.59 Å². The maximum Gasteiger partial charge on any atom is 0.309 e. The minimum absolute atomic E-state index is 0.0107. The number of carboxylic acid groups (broad SMARTS) is 1. The molecule has 6 heteroatoms. The van der Waals surface area contributed by atoms with Crippen molar-refractivity contribution in [1.29, 1.82) is 0 Å². The molecule has 3 rings (SSSR count). The zero-order valence-electron chi connectivity index (χ0n) is 13.8. The van der Waals surface area contributed by atoms with Gasteiger partial charge in [0.15, 0.2) is 0 Å². The van der Waals surface area contributed by atoms with Crippen LogP contribution < -0.4 is 5.32 Å². The van der Waals surface area contributed by atoms with Gasteiger partial charge in [-0.05, 0) is 38.5 Å². The van der Waals surface area contributed by atoms with Gasteiger partial charge in [0, 0.05) is 18.5 Å². The molecule has 2 aliphatic carbocycles. The van der Waals surface area contributed by atoms with Crippen LogP contribution in [-0.4, -0.2) is 22.1 Å². The van der Waals surface area contributed by atoms with Crippen molar-refractivity contribution in [3.8, 4) is 0 Å². The topological polar surface area (TPSA) is 92.4 Å². The van der Waals surface area contributed by atoms with Gasteiger partial charge >= 0.3 is 5.97 Å². The van der Waals surface area contributed by atoms with Crippen LogP contribution in [0.3, 0.4) is 0 Å². The van der Waals surface area contributed by atoms with Crippen molar-refractivity contribution < 1.29 is 19.2 Å². The summed E-state index contributed by atoms with van der Waals surface area (Å²) in [4.78, 5) is 24.2. The minimum Gasteiger partial charge on any atom is -0.481 e. The van der Waals surface area contributed by atoms with Gasteiger partial charge in [-0.25, -0.2) is 0 Å². The molecule has 0 saturated heterocycles. The van der Waals surface area contributed by atoms with Gasteiger partial charge in [0.25, 0.3) is 0 Å². The van der Waals surface area contributed by atoms with E-state index in [2.05, 4.69) is 10.5 Å². The van der Waals surface area contributed by atoms with E-state index in [9.17, 15) is 14.7 Å². The van der Waals surface area contributed by atoms with E-state index in [0.29, 0.717) is 38.6 Å². The third-order valence-corrected chi connectivity index (χ3v) is 5.81. The van der Waals surface area contributed by atoms with Crippen molar-refractivity contribution in [1.82, 2.24) is 10.5 Å². The molecule has 2 bridgehead atoms. The predicted molar refractivity (Wildman–Crippen MR) is 82.7 cm³/mol. The lowest BCUT2D eigenvalue weighted by molar-refractivity contribution is -0.148. The van der Waals surface area contributed by atoms with E-state index < -0.39 is 16.8 Å². The van der Waals surface area contributed by atoms with Crippen LogP contribution in [-0.2, 0) is 29.0 Å². The first-order valence-corrected chi connectivity index (χ1v) is 8.44. The van der Waals surface area contributed by atoms with E-state index in [1.165, 1.54) is 0 Å². The average molecular weight is 320 g/mol. The Hall–Kier alpha value is -1.85. The molecule has 1 aromatic rings. The van der Waals surface area contributed by atoms with Crippen LogP contribution in [0.5, 0.6) is 0 Å². The first-order valence-electron chi connectivity index (χ1n) is 8.44. The Morgan fingerprint density at radius 1 is 1.17 bits per heavy atom. The number of nitrogens with one attached hydrogen (secondary N) is 1. The highest BCUT2D eigenvalue weighted by Gasteiger charge is 2.61. The molecule has 0 aromatic carbocycles. The highest BCUT2D eigenvalue weighted by molar-refractivity contribution is 5.87. The summed E-state index contributed by atoms with van der Waals surface area (Å²) in [6.07, 6.45) is 4.57. The minimum atomic E-state index is -0.745. The van der Waals surface area contributed by atoms with Crippen molar-refractivity contribution in [2.75, 3.05) is 0 Å². The van der Waals surface area contributed by atoms with Gasteiger partial charge in [-0.2, -0.15) is 0 Å². The Bertz CT molecular complexity index is 605. The molecule has 23 heavy (non-hydrogen) atoms. The number of amides is 1. The van der Waals surface area contributed by atoms with E-state index in [4.69, 9.17) is 4.52 Å². The largest absolute Gasteiger partial charge is 0.481 e. The molecule has 0 atom stereocenters. The van der Waals surface area contributed by atoms with Crippen LogP contribution in [0.1, 0.15) is 63.0 Å². The van der Waals surface area contributed by atoms with Crippen LogP contribution in [0, 0.1) is 10.8 Å². The van der Waals surface area contributed by atoms with Crippen molar-refractivity contribution >= 4 is 11.9 Å². The molecule has 0 radical (unpaired) electrons. The molecule has 0 aliphatic heterocycles. The summed E-state index contributed by atoms with van der Waals surface area (Å²) in [6.45, 7) is 4.42. The number of hydrogen-bond donors (Lipinski definition) is 2. The second kappa shape index (κ2) is 5.65. The van der Waals surface area contributed by atoms with Crippen LogP contribution in [0.15, 0.2) is 4.52 Å². The van der Waals surface area contributed by atoms with E-state index in [1.807, 2.05) is 13.8 Å². The summed E-state index contributed by atoms with van der Waals surface area (Å²) in [5, 5.41) is 16.5. The third-order valence-electron chi connectivity index (χ3n) is 5.81. The highest BCUT2D eigenvalue weighted by atomic mass is 16.5. The van der Waals surface area contributed by atoms with Crippen molar-refractivity contribution in [2.45, 2.75) is 65.3 Å². The second-order valence-corrected chi connectivity index (χ2v) is 6.96. The van der Waals surface area contributed by atoms with Crippen LogP contribution in [0.2, 0.25) is 0 Å². The van der Waals surface area contributed by atoms with Gasteiger partial charge in [0.1, 0.15) is 5.76 Å². The maximum absolute atomic E-state index is 12.7. The van der Waals surface area contributed by atoms with Crippen LogP contribution in [0.25, 0.3) is 0 Å². The number of hydrogen-bond acceptors (Lipinski definition) is 4. The lowest BCUT2D eigenvalue weighted by Crippen LogP contribution is -2.38. The average Bonchev–Trinajstić information content (AvgIpc) is 3.24. The molecular weight excluding hydrogens is 296 g/mol. The van der Waals surface area contributed by atoms with Gasteiger partial charge < -0.3 is 14.9 Å². The number of carbonyl (C=O) groups excluding carboxylic acids is 1. The molecule has 1 aromatic heterocycles. The molecule has 2 saturated carbocycles. The van der Waals surface area contributed by atoms with Gasteiger partial charge in [-0.15, -0.1) is 0 Å². The van der Waals surface area contributed by atoms with Crippen LogP contribution >= 0.6 is 0 Å². The Morgan fingerprint density at radius 3 is 2.35 bits per heavy atom. The SMILES string of the molecule is CCc1noc(CC)c1CNC(=O)C12CCC(C(=O)O)(CC1)C2. The zero-order valence-corrected chi connectivity index (χ0v) is 13.8. The first-order chi connectivity index (χ1) is 11.0. The Morgan fingerprint density at radius 2 is 1.83 bits per heavy atom. The highest BCUT2D eigenvalue weighted by Crippen LogP contribution is 2.61. The quantitative estimate of drug-likeness (QED) is 0.840. The summed E-state index contributed by atoms with van der Waals surface area (Å²) in [6, 6.07) is 0. The predicted octanol–water partition coefficient (Wildman–Crippen LogP) is 2.45. The number of aryl methyl sites for hydroxylation is 2. The molecule has 0 spiro atoms. The molecular formula is C17H24N2O4. The molecule has 2 N–H and O–H groups in total. The summed E-state index contributed by atoms with van der Waals surface area (Å²) < 4.78 is 5.32. The number of carbonyl (C=O) groups is 2. The number of aromatic nitrogens is 1. The van der Waals surface area contributed by atoms with Gasteiger partial charge in [-0.1, -0.05) is 19.0 Å². The summed E-state index contributed by atoms with van der Waals surface area (Å²) in [5.41, 5.74) is 0.698. The van der Waals surface area contributed by atoms with Gasteiger partial charge in [0.05, 0.1) is 16.5 Å². The lowest BCUT2D eigenvalue weighted by Gasteiger charge is -2.25. The fraction of sp³-hybridized carbons (Fsp3) is 0.706. The normalized spacial score (nSPS) is 29.0. The second-order valence-electron chi connectivity index (χ2n) is 6.96. The van der Waals surface area contributed by atoms with Crippen LogP contribution in [0.4, 0.5) is 0 Å². The number of carboxylic acids is 1. The molecule has 2 fully saturated rings. The van der Waals surface area contributed by atoms with Crippen molar-refractivity contribution in [3.63, 3.8) is 0 Å². The number of rotatable bonds is 6. The monoisotopic (exact) mass is 320 g/mol. The Labute approximate surface area is 135 Å². The van der Waals surface area contributed by atoms with E-state index >= 15 is 0 Å². The number of fused-ring (bicyclic) bond motifs is 2.